The number of carboxylic acid groups (broad SMARTS) is 1. The van der Waals surface area contributed by atoms with E-state index in [1.807, 2.05) is 29.6 Å². The summed E-state index contributed by atoms with van der Waals surface area (Å²) in [6, 6.07) is 10.3. The first-order valence-electron chi connectivity index (χ1n) is 6.11. The van der Waals surface area contributed by atoms with Gasteiger partial charge in [-0.25, -0.2) is 9.78 Å². The number of aromatic nitrogens is 1. The van der Waals surface area contributed by atoms with Gasteiger partial charge in [-0.1, -0.05) is 0 Å². The summed E-state index contributed by atoms with van der Waals surface area (Å²) >= 11 is 1.63. The zero-order valence-corrected chi connectivity index (χ0v) is 11.6. The molecule has 1 aromatic carbocycles. The zero-order chi connectivity index (χ0) is 14.8. The van der Waals surface area contributed by atoms with Gasteiger partial charge in [-0.05, 0) is 47.2 Å². The average molecular weight is 298 g/mol. The number of anilines is 1. The molecule has 0 radical (unpaired) electrons. The summed E-state index contributed by atoms with van der Waals surface area (Å²) in [5.74, 6) is -1.53. The number of hydrogen-bond acceptors (Lipinski definition) is 4. The molecule has 0 saturated carbocycles. The lowest BCUT2D eigenvalue weighted by molar-refractivity contribution is 0.0690. The highest BCUT2D eigenvalue weighted by molar-refractivity contribution is 7.17. The van der Waals surface area contributed by atoms with Gasteiger partial charge in [0, 0.05) is 22.1 Å². The normalized spacial score (nSPS) is 10.5. The van der Waals surface area contributed by atoms with Crippen LogP contribution in [0.5, 0.6) is 0 Å². The van der Waals surface area contributed by atoms with E-state index < -0.39 is 5.97 Å². The number of rotatable bonds is 3. The highest BCUT2D eigenvalue weighted by Gasteiger charge is 2.11. The molecule has 2 aromatic heterocycles. The number of benzene rings is 1. The van der Waals surface area contributed by atoms with Crippen molar-refractivity contribution >= 4 is 39.0 Å². The Morgan fingerprint density at radius 1 is 1.14 bits per heavy atom. The highest BCUT2D eigenvalue weighted by Crippen LogP contribution is 2.24. The number of carbonyl (C=O) groups excluding carboxylic acids is 1. The third kappa shape index (κ3) is 2.75. The van der Waals surface area contributed by atoms with Crippen LogP contribution in [0.1, 0.15) is 20.8 Å². The Hall–Kier alpha value is -2.73. The van der Waals surface area contributed by atoms with Gasteiger partial charge in [-0.15, -0.1) is 11.3 Å². The summed E-state index contributed by atoms with van der Waals surface area (Å²) in [5.41, 5.74) is 0.767. The number of aromatic carboxylic acids is 1. The van der Waals surface area contributed by atoms with E-state index in [0.717, 1.165) is 10.1 Å². The van der Waals surface area contributed by atoms with Crippen LogP contribution in [0.25, 0.3) is 10.1 Å². The largest absolute Gasteiger partial charge is 0.477 e. The summed E-state index contributed by atoms with van der Waals surface area (Å²) in [5, 5.41) is 14.7. The van der Waals surface area contributed by atoms with Crippen LogP contribution < -0.4 is 5.32 Å². The van der Waals surface area contributed by atoms with Crippen LogP contribution in [0.15, 0.2) is 48.0 Å². The molecule has 6 heteroatoms. The van der Waals surface area contributed by atoms with Crippen LogP contribution in [0.4, 0.5) is 5.69 Å². The SMILES string of the molecule is O=C(Nc1ccc2sccc2c1)c1ccnc(C(=O)O)c1. The number of carboxylic acids is 1. The first-order chi connectivity index (χ1) is 10.1. The molecular weight excluding hydrogens is 288 g/mol. The molecule has 0 aliphatic carbocycles. The average Bonchev–Trinajstić information content (AvgIpc) is 2.95. The predicted octanol–water partition coefficient (Wildman–Crippen LogP) is 3.25. The smallest absolute Gasteiger partial charge is 0.354 e. The van der Waals surface area contributed by atoms with E-state index >= 15 is 0 Å². The summed E-state index contributed by atoms with van der Waals surface area (Å²) in [4.78, 5) is 26.7. The quantitative estimate of drug-likeness (QED) is 0.778. The van der Waals surface area contributed by atoms with Crippen LogP contribution >= 0.6 is 11.3 Å². The molecule has 3 aromatic rings. The lowest BCUT2D eigenvalue weighted by atomic mass is 10.2. The Kier molecular flexibility index (Phi) is 3.37. The minimum absolute atomic E-state index is 0.157. The highest BCUT2D eigenvalue weighted by atomic mass is 32.1. The maximum atomic E-state index is 12.1. The van der Waals surface area contributed by atoms with E-state index in [2.05, 4.69) is 10.3 Å². The summed E-state index contributed by atoms with van der Waals surface area (Å²) in [7, 11) is 0. The molecule has 0 saturated heterocycles. The summed E-state index contributed by atoms with van der Waals surface area (Å²) in [6.07, 6.45) is 1.31. The minimum Gasteiger partial charge on any atom is -0.477 e. The van der Waals surface area contributed by atoms with Gasteiger partial charge in [0.2, 0.25) is 0 Å². The molecule has 0 unspecified atom stereocenters. The first kappa shape index (κ1) is 13.3. The molecule has 0 aliphatic heterocycles. The van der Waals surface area contributed by atoms with Crippen molar-refractivity contribution in [3.8, 4) is 0 Å². The second kappa shape index (κ2) is 5.34. The molecule has 0 aliphatic rings. The number of fused-ring (bicyclic) bond motifs is 1. The van der Waals surface area contributed by atoms with Gasteiger partial charge < -0.3 is 10.4 Å². The molecule has 2 N–H and O–H groups in total. The van der Waals surface area contributed by atoms with E-state index in [0.29, 0.717) is 5.69 Å². The third-order valence-corrected chi connectivity index (χ3v) is 3.85. The van der Waals surface area contributed by atoms with Crippen LogP contribution in [-0.4, -0.2) is 22.0 Å². The number of thiophene rings is 1. The van der Waals surface area contributed by atoms with Crippen LogP contribution in [-0.2, 0) is 0 Å². The molecule has 104 valence electrons. The zero-order valence-electron chi connectivity index (χ0n) is 10.7. The number of nitrogens with zero attached hydrogens (tertiary/aromatic N) is 1. The number of hydrogen-bond donors (Lipinski definition) is 2. The molecule has 0 bridgehead atoms. The van der Waals surface area contributed by atoms with Crippen molar-refractivity contribution in [2.45, 2.75) is 0 Å². The van der Waals surface area contributed by atoms with E-state index in [-0.39, 0.29) is 17.2 Å². The number of nitrogens with one attached hydrogen (secondary N) is 1. The Balaban J connectivity index is 1.85. The van der Waals surface area contributed by atoms with Crippen LogP contribution in [0.3, 0.4) is 0 Å². The monoisotopic (exact) mass is 298 g/mol. The Morgan fingerprint density at radius 2 is 2.00 bits per heavy atom. The van der Waals surface area contributed by atoms with Gasteiger partial charge >= 0.3 is 5.97 Å². The van der Waals surface area contributed by atoms with Gasteiger partial charge in [-0.2, -0.15) is 0 Å². The standard InChI is InChI=1S/C15H10N2O3S/c18-14(10-3-5-16-12(8-10)15(19)20)17-11-1-2-13-9(7-11)4-6-21-13/h1-8H,(H,17,18)(H,19,20). The predicted molar refractivity (Wildman–Crippen MR) is 81.0 cm³/mol. The van der Waals surface area contributed by atoms with E-state index in [1.54, 1.807) is 11.3 Å². The van der Waals surface area contributed by atoms with E-state index in [9.17, 15) is 9.59 Å². The van der Waals surface area contributed by atoms with Gasteiger partial charge in [0.25, 0.3) is 5.91 Å². The topological polar surface area (TPSA) is 79.3 Å². The molecule has 1 amide bonds. The van der Waals surface area contributed by atoms with Crippen LogP contribution in [0, 0.1) is 0 Å². The number of pyridine rings is 1. The van der Waals surface area contributed by atoms with Crippen molar-refractivity contribution < 1.29 is 14.7 Å². The van der Waals surface area contributed by atoms with E-state index in [4.69, 9.17) is 5.11 Å². The number of amides is 1. The fraction of sp³-hybridized carbons (Fsp3) is 0. The Morgan fingerprint density at radius 3 is 2.81 bits per heavy atom. The fourth-order valence-electron chi connectivity index (χ4n) is 1.94. The molecule has 21 heavy (non-hydrogen) atoms. The van der Waals surface area contributed by atoms with Crippen molar-refractivity contribution in [1.29, 1.82) is 0 Å². The Bertz CT molecular complexity index is 842. The van der Waals surface area contributed by atoms with Crippen molar-refractivity contribution in [2.24, 2.45) is 0 Å². The van der Waals surface area contributed by atoms with Gasteiger partial charge in [-0.3, -0.25) is 4.79 Å². The lowest BCUT2D eigenvalue weighted by Gasteiger charge is -2.06. The second-order valence-corrected chi connectivity index (χ2v) is 5.31. The molecule has 0 fully saturated rings. The van der Waals surface area contributed by atoms with Crippen molar-refractivity contribution in [3.05, 3.63) is 59.2 Å². The molecular formula is C15H10N2O3S. The number of carbonyl (C=O) groups is 2. The van der Waals surface area contributed by atoms with Gasteiger partial charge in [0.15, 0.2) is 0 Å². The van der Waals surface area contributed by atoms with E-state index in [1.165, 1.54) is 18.3 Å². The molecule has 0 atom stereocenters. The summed E-state index contributed by atoms with van der Waals surface area (Å²) in [6.45, 7) is 0. The van der Waals surface area contributed by atoms with Crippen LogP contribution in [0.2, 0.25) is 0 Å². The van der Waals surface area contributed by atoms with Crippen molar-refractivity contribution in [3.63, 3.8) is 0 Å². The lowest BCUT2D eigenvalue weighted by Crippen LogP contribution is -2.13. The van der Waals surface area contributed by atoms with Crippen molar-refractivity contribution in [1.82, 2.24) is 4.98 Å². The van der Waals surface area contributed by atoms with Gasteiger partial charge in [0.1, 0.15) is 5.69 Å². The third-order valence-electron chi connectivity index (χ3n) is 2.95. The van der Waals surface area contributed by atoms with Gasteiger partial charge in [0.05, 0.1) is 0 Å². The molecule has 3 rings (SSSR count). The first-order valence-corrected chi connectivity index (χ1v) is 6.99. The molecule has 5 nitrogen and oxygen atoms in total. The Labute approximate surface area is 123 Å². The maximum absolute atomic E-state index is 12.1. The minimum atomic E-state index is -1.16. The summed E-state index contributed by atoms with van der Waals surface area (Å²) < 4.78 is 1.14. The second-order valence-electron chi connectivity index (χ2n) is 4.36. The van der Waals surface area contributed by atoms with Crippen molar-refractivity contribution in [2.75, 3.05) is 5.32 Å². The maximum Gasteiger partial charge on any atom is 0.354 e. The fourth-order valence-corrected chi connectivity index (χ4v) is 2.71. The molecule has 0 spiro atoms. The molecule has 2 heterocycles.